The van der Waals surface area contributed by atoms with E-state index in [9.17, 15) is 37.9 Å². The minimum absolute atomic E-state index is 0.137. The Morgan fingerprint density at radius 1 is 0.617 bits per heavy atom. The van der Waals surface area contributed by atoms with E-state index in [2.05, 4.69) is 62.1 Å². The lowest BCUT2D eigenvalue weighted by Crippen LogP contribution is -2.60. The Morgan fingerprint density at radius 2 is 1.10 bits per heavy atom. The molecule has 13 heteroatoms. The smallest absolute Gasteiger partial charge is 0.306 e. The molecule has 0 aromatic rings. The zero-order chi connectivity index (χ0) is 44.1. The Labute approximate surface area is 361 Å². The number of ether oxygens (including phenoxy) is 4. The van der Waals surface area contributed by atoms with Crippen LogP contribution in [0.2, 0.25) is 0 Å². The molecule has 0 aliphatic carbocycles. The monoisotopic (exact) mass is 867 g/mol. The molecule has 0 spiro atoms. The second-order valence-corrected chi connectivity index (χ2v) is 16.9. The highest BCUT2D eigenvalue weighted by atomic mass is 32.2. The van der Waals surface area contributed by atoms with Gasteiger partial charge in [-0.1, -0.05) is 144 Å². The van der Waals surface area contributed by atoms with Crippen molar-refractivity contribution in [2.75, 3.05) is 19.0 Å². The van der Waals surface area contributed by atoms with Gasteiger partial charge >= 0.3 is 11.9 Å². The molecule has 0 aromatic carbocycles. The molecule has 0 radical (unpaired) electrons. The van der Waals surface area contributed by atoms with Gasteiger partial charge in [-0.25, -0.2) is 0 Å². The van der Waals surface area contributed by atoms with E-state index in [4.69, 9.17) is 18.9 Å². The van der Waals surface area contributed by atoms with Crippen LogP contribution in [-0.4, -0.2) is 96.0 Å². The molecule has 1 aliphatic rings. The van der Waals surface area contributed by atoms with Crippen molar-refractivity contribution in [2.24, 2.45) is 0 Å². The fraction of sp³-hybridized carbons (Fsp3) is 0.702. The van der Waals surface area contributed by atoms with Gasteiger partial charge in [0.05, 0.1) is 6.61 Å². The fourth-order valence-corrected chi connectivity index (χ4v) is 7.15. The summed E-state index contributed by atoms with van der Waals surface area (Å²) in [6, 6.07) is 0. The molecule has 60 heavy (non-hydrogen) atoms. The number of allylic oxidation sites excluding steroid dienone is 11. The number of aliphatic hydroxyl groups excluding tert-OH is 3. The molecule has 344 valence electrons. The van der Waals surface area contributed by atoms with Gasteiger partial charge in [0.15, 0.2) is 12.4 Å². The standard InChI is InChI=1S/C47H78O12S/c1-3-5-7-9-11-13-15-17-19-20-22-23-25-27-29-31-33-35-42(48)56-37-40(38-57-47-46(52)45(51)44(50)41(59-47)39-60(53,54)55)58-43(49)36-34-32-30-28-26-24-21-18-16-14-12-10-8-6-4-2/h4-5,7,11,13,17,19,22-23,27,29,40-41,44-47,50-52H,2-3,6,8-10,12,14-16,18,20-21,24-26,28,30-39H2,1H3,(H,53,54,55)/b7-5+,13-11+,19-17+,23-22+,29-27+/t40-,41-,44-,45?,46?,47+/m1/s1. The van der Waals surface area contributed by atoms with Crippen molar-refractivity contribution in [2.45, 2.75) is 191 Å². The summed E-state index contributed by atoms with van der Waals surface area (Å²) < 4.78 is 54.0. The minimum Gasteiger partial charge on any atom is -0.462 e. The van der Waals surface area contributed by atoms with E-state index in [-0.39, 0.29) is 19.4 Å². The van der Waals surface area contributed by atoms with Crippen LogP contribution in [0.4, 0.5) is 0 Å². The van der Waals surface area contributed by atoms with Crippen LogP contribution in [-0.2, 0) is 38.7 Å². The first-order valence-corrected chi connectivity index (χ1v) is 24.1. The molecule has 4 N–H and O–H groups in total. The van der Waals surface area contributed by atoms with Crippen LogP contribution in [0.15, 0.2) is 73.4 Å². The van der Waals surface area contributed by atoms with Crippen LogP contribution in [0.5, 0.6) is 0 Å². The summed E-state index contributed by atoms with van der Waals surface area (Å²) in [7, 11) is -4.61. The van der Waals surface area contributed by atoms with Crippen molar-refractivity contribution in [3.63, 3.8) is 0 Å². The largest absolute Gasteiger partial charge is 0.462 e. The Balaban J connectivity index is 2.49. The summed E-state index contributed by atoms with van der Waals surface area (Å²) >= 11 is 0. The SMILES string of the molecule is C=CCCCCCCCCCCCCCCCC(=O)O[C@H](COC(=O)CCC/C=C/C/C=C/C/C=C/C/C=C/C/C=C/CC)CO[C@H]1O[C@H](CS(=O)(=O)O)[C@@H](O)C(O)C1O. The number of hydrogen-bond donors (Lipinski definition) is 4. The van der Waals surface area contributed by atoms with Crippen molar-refractivity contribution in [3.05, 3.63) is 73.4 Å². The van der Waals surface area contributed by atoms with E-state index in [1.54, 1.807) is 0 Å². The van der Waals surface area contributed by atoms with Crippen LogP contribution in [0, 0.1) is 0 Å². The first kappa shape index (κ1) is 55.1. The van der Waals surface area contributed by atoms with E-state index in [1.807, 2.05) is 18.2 Å². The Bertz CT molecular complexity index is 1370. The van der Waals surface area contributed by atoms with Crippen molar-refractivity contribution >= 4 is 22.1 Å². The van der Waals surface area contributed by atoms with Gasteiger partial charge in [-0.3, -0.25) is 14.1 Å². The lowest BCUT2D eigenvalue weighted by molar-refractivity contribution is -0.297. The van der Waals surface area contributed by atoms with Crippen molar-refractivity contribution in [3.8, 4) is 0 Å². The molecule has 0 amide bonds. The van der Waals surface area contributed by atoms with Crippen LogP contribution >= 0.6 is 0 Å². The van der Waals surface area contributed by atoms with Crippen LogP contribution in [0.25, 0.3) is 0 Å². The second-order valence-electron chi connectivity index (χ2n) is 15.4. The van der Waals surface area contributed by atoms with Crippen molar-refractivity contribution in [1.29, 1.82) is 0 Å². The second kappa shape index (κ2) is 36.7. The van der Waals surface area contributed by atoms with E-state index in [0.29, 0.717) is 19.3 Å². The summed E-state index contributed by atoms with van der Waals surface area (Å²) in [5, 5.41) is 30.9. The predicted molar refractivity (Wildman–Crippen MR) is 238 cm³/mol. The van der Waals surface area contributed by atoms with Crippen molar-refractivity contribution < 1.29 is 56.8 Å². The molecular weight excluding hydrogens is 789 g/mol. The third-order valence-electron chi connectivity index (χ3n) is 9.92. The summed E-state index contributed by atoms with van der Waals surface area (Å²) in [6.07, 6.45) is 35.6. The zero-order valence-corrected chi connectivity index (χ0v) is 37.2. The first-order valence-electron chi connectivity index (χ1n) is 22.5. The van der Waals surface area contributed by atoms with Crippen LogP contribution in [0.1, 0.15) is 155 Å². The fourth-order valence-electron chi connectivity index (χ4n) is 6.46. The predicted octanol–water partition coefficient (Wildman–Crippen LogP) is 9.11. The highest BCUT2D eigenvalue weighted by Crippen LogP contribution is 2.24. The van der Waals surface area contributed by atoms with Crippen LogP contribution in [0.3, 0.4) is 0 Å². The Hall–Kier alpha value is -2.91. The van der Waals surface area contributed by atoms with Gasteiger partial charge in [-0.15, -0.1) is 6.58 Å². The van der Waals surface area contributed by atoms with Gasteiger partial charge in [0, 0.05) is 12.8 Å². The molecule has 0 bridgehead atoms. The molecule has 1 rings (SSSR count). The van der Waals surface area contributed by atoms with E-state index >= 15 is 0 Å². The summed E-state index contributed by atoms with van der Waals surface area (Å²) in [5.74, 6) is -2.07. The average molecular weight is 867 g/mol. The molecule has 1 saturated heterocycles. The molecular formula is C47H78O12S. The summed E-state index contributed by atoms with van der Waals surface area (Å²) in [5.41, 5.74) is 0. The third kappa shape index (κ3) is 31.0. The van der Waals surface area contributed by atoms with E-state index in [0.717, 1.165) is 57.8 Å². The molecule has 0 aromatic heterocycles. The Kier molecular flexibility index (Phi) is 33.7. The third-order valence-corrected chi connectivity index (χ3v) is 10.7. The normalized spacial score (nSPS) is 20.6. The number of aliphatic hydroxyl groups is 3. The topological polar surface area (TPSA) is 186 Å². The molecule has 1 heterocycles. The summed E-state index contributed by atoms with van der Waals surface area (Å²) in [4.78, 5) is 25.4. The van der Waals surface area contributed by atoms with Gasteiger partial charge in [-0.2, -0.15) is 8.42 Å². The first-order chi connectivity index (χ1) is 29.0. The van der Waals surface area contributed by atoms with Crippen molar-refractivity contribution in [1.82, 2.24) is 0 Å². The van der Waals surface area contributed by atoms with Gasteiger partial charge < -0.3 is 34.3 Å². The van der Waals surface area contributed by atoms with E-state index < -0.39 is 71.2 Å². The number of carbonyl (C=O) groups is 2. The number of esters is 2. The number of carbonyl (C=O) groups excluding carboxylic acids is 2. The maximum absolute atomic E-state index is 12.8. The lowest BCUT2D eigenvalue weighted by Gasteiger charge is -2.40. The highest BCUT2D eigenvalue weighted by molar-refractivity contribution is 7.85. The van der Waals surface area contributed by atoms with Gasteiger partial charge in [0.2, 0.25) is 0 Å². The number of hydrogen-bond acceptors (Lipinski definition) is 11. The maximum Gasteiger partial charge on any atom is 0.306 e. The zero-order valence-electron chi connectivity index (χ0n) is 36.4. The maximum atomic E-state index is 12.8. The molecule has 1 aliphatic heterocycles. The number of unbranched alkanes of at least 4 members (excludes halogenated alkanes) is 14. The van der Waals surface area contributed by atoms with Gasteiger partial charge in [-0.05, 0) is 64.2 Å². The minimum atomic E-state index is -4.61. The van der Waals surface area contributed by atoms with Gasteiger partial charge in [0.25, 0.3) is 10.1 Å². The quantitative estimate of drug-likeness (QED) is 0.0201. The average Bonchev–Trinajstić information content (AvgIpc) is 3.21. The van der Waals surface area contributed by atoms with Gasteiger partial charge in [0.1, 0.15) is 36.8 Å². The summed E-state index contributed by atoms with van der Waals surface area (Å²) in [6.45, 7) is 5.11. The highest BCUT2D eigenvalue weighted by Gasteiger charge is 2.46. The van der Waals surface area contributed by atoms with E-state index in [1.165, 1.54) is 57.8 Å². The Morgan fingerprint density at radius 3 is 1.62 bits per heavy atom. The lowest BCUT2D eigenvalue weighted by atomic mass is 10.00. The molecule has 0 saturated carbocycles. The molecule has 1 fully saturated rings. The molecule has 12 nitrogen and oxygen atoms in total. The number of rotatable bonds is 37. The molecule has 2 unspecified atom stereocenters. The molecule has 6 atom stereocenters. The van der Waals surface area contributed by atoms with Crippen LogP contribution < -0.4 is 0 Å².